The zero-order valence-corrected chi connectivity index (χ0v) is 11.5. The van der Waals surface area contributed by atoms with E-state index in [0.717, 1.165) is 5.56 Å². The van der Waals surface area contributed by atoms with E-state index in [9.17, 15) is 14.4 Å². The molecule has 0 unspecified atom stereocenters. The van der Waals surface area contributed by atoms with Gasteiger partial charge in [0.15, 0.2) is 0 Å². The summed E-state index contributed by atoms with van der Waals surface area (Å²) >= 11 is 5.41. The molecule has 6 nitrogen and oxygen atoms in total. The van der Waals surface area contributed by atoms with Gasteiger partial charge in [0.1, 0.15) is 5.88 Å². The molecule has 1 rings (SSSR count). The monoisotopic (exact) mass is 295 g/mol. The third kappa shape index (κ3) is 5.53. The summed E-state index contributed by atoms with van der Waals surface area (Å²) in [4.78, 5) is 32.9. The fraction of sp³-hybridized carbons (Fsp3) is 0.154. The molecule has 1 aromatic carbocycles. The van der Waals surface area contributed by atoms with Crippen molar-refractivity contribution in [2.24, 2.45) is 5.73 Å². The van der Waals surface area contributed by atoms with Gasteiger partial charge in [0.2, 0.25) is 5.91 Å². The van der Waals surface area contributed by atoms with Crippen LogP contribution in [0.2, 0.25) is 0 Å². The van der Waals surface area contributed by atoms with Crippen LogP contribution in [0.1, 0.15) is 11.1 Å². The minimum absolute atomic E-state index is 0.139. The molecule has 4 N–H and O–H groups in total. The molecular formula is C13H14ClN3O3. The number of nitrogens with one attached hydrogen (secondary N) is 2. The van der Waals surface area contributed by atoms with Gasteiger partial charge in [-0.05, 0) is 36.3 Å². The number of nitrogens with two attached hydrogens (primary N) is 1. The van der Waals surface area contributed by atoms with Crippen molar-refractivity contribution in [3.8, 4) is 0 Å². The maximum absolute atomic E-state index is 11.2. The van der Waals surface area contributed by atoms with Gasteiger partial charge in [-0.15, -0.1) is 11.6 Å². The number of hydrogen-bond donors (Lipinski definition) is 3. The van der Waals surface area contributed by atoms with Crippen LogP contribution in [0, 0.1) is 6.92 Å². The second kappa shape index (κ2) is 7.30. The van der Waals surface area contributed by atoms with Crippen molar-refractivity contribution in [1.29, 1.82) is 0 Å². The molecule has 20 heavy (non-hydrogen) atoms. The van der Waals surface area contributed by atoms with Crippen LogP contribution < -0.4 is 16.4 Å². The number of anilines is 1. The highest BCUT2D eigenvalue weighted by atomic mass is 35.5. The number of carbonyl (C=O) groups is 3. The number of carbonyl (C=O) groups excluding carboxylic acids is 3. The van der Waals surface area contributed by atoms with E-state index in [1.807, 2.05) is 18.3 Å². The molecule has 0 aromatic heterocycles. The Morgan fingerprint density at radius 2 is 2.00 bits per heavy atom. The van der Waals surface area contributed by atoms with Crippen molar-refractivity contribution in [3.63, 3.8) is 0 Å². The van der Waals surface area contributed by atoms with E-state index in [0.29, 0.717) is 11.3 Å². The van der Waals surface area contributed by atoms with Crippen molar-refractivity contribution in [3.05, 3.63) is 35.4 Å². The molecular weight excluding hydrogens is 282 g/mol. The second-order valence-electron chi connectivity index (χ2n) is 4.00. The lowest BCUT2D eigenvalue weighted by molar-refractivity contribution is -0.115. The zero-order valence-electron chi connectivity index (χ0n) is 10.8. The molecule has 0 bridgehead atoms. The minimum atomic E-state index is -0.918. The molecule has 1 aromatic rings. The Balaban J connectivity index is 2.85. The minimum Gasteiger partial charge on any atom is -0.351 e. The van der Waals surface area contributed by atoms with E-state index >= 15 is 0 Å². The quantitative estimate of drug-likeness (QED) is 0.577. The van der Waals surface area contributed by atoms with E-state index < -0.39 is 11.9 Å². The number of halogens is 1. The van der Waals surface area contributed by atoms with Crippen molar-refractivity contribution in [1.82, 2.24) is 5.32 Å². The first kappa shape index (κ1) is 15.7. The molecule has 0 radical (unpaired) electrons. The van der Waals surface area contributed by atoms with Crippen LogP contribution in [-0.4, -0.2) is 23.7 Å². The first-order chi connectivity index (χ1) is 9.40. The van der Waals surface area contributed by atoms with Gasteiger partial charge in [0, 0.05) is 11.8 Å². The van der Waals surface area contributed by atoms with Crippen LogP contribution in [0.15, 0.2) is 24.3 Å². The second-order valence-corrected chi connectivity index (χ2v) is 4.27. The average molecular weight is 296 g/mol. The zero-order chi connectivity index (χ0) is 15.1. The Bertz CT molecular complexity index is 570. The van der Waals surface area contributed by atoms with Gasteiger partial charge in [0.25, 0.3) is 5.91 Å². The van der Waals surface area contributed by atoms with E-state index in [4.69, 9.17) is 17.3 Å². The summed E-state index contributed by atoms with van der Waals surface area (Å²) in [5.74, 6) is -1.08. The number of amides is 4. The molecule has 0 aliphatic rings. The Hall–Kier alpha value is -2.34. The third-order valence-electron chi connectivity index (χ3n) is 2.18. The van der Waals surface area contributed by atoms with Gasteiger partial charge in [-0.1, -0.05) is 6.07 Å². The van der Waals surface area contributed by atoms with Crippen molar-refractivity contribution in [2.75, 3.05) is 11.2 Å². The molecule has 0 saturated carbocycles. The Morgan fingerprint density at radius 3 is 2.60 bits per heavy atom. The maximum Gasteiger partial charge on any atom is 0.319 e. The molecule has 0 saturated heterocycles. The Labute approximate surface area is 121 Å². The van der Waals surface area contributed by atoms with Crippen LogP contribution >= 0.6 is 11.6 Å². The molecule has 4 amide bonds. The van der Waals surface area contributed by atoms with Crippen LogP contribution in [0.25, 0.3) is 6.08 Å². The van der Waals surface area contributed by atoms with Crippen LogP contribution in [-0.2, 0) is 9.59 Å². The number of imide groups is 1. The average Bonchev–Trinajstić information content (AvgIpc) is 2.34. The molecule has 0 aliphatic heterocycles. The lowest BCUT2D eigenvalue weighted by Gasteiger charge is -2.06. The van der Waals surface area contributed by atoms with E-state index in [-0.39, 0.29) is 11.8 Å². The van der Waals surface area contributed by atoms with Crippen LogP contribution in [0.3, 0.4) is 0 Å². The summed E-state index contributed by atoms with van der Waals surface area (Å²) < 4.78 is 0. The fourth-order valence-corrected chi connectivity index (χ4v) is 1.58. The Morgan fingerprint density at radius 1 is 1.30 bits per heavy atom. The summed E-state index contributed by atoms with van der Waals surface area (Å²) in [7, 11) is 0. The maximum atomic E-state index is 11.2. The molecule has 0 atom stereocenters. The molecule has 0 heterocycles. The summed E-state index contributed by atoms with van der Waals surface area (Å²) in [6, 6.07) is 4.33. The van der Waals surface area contributed by atoms with Gasteiger partial charge in [-0.3, -0.25) is 14.9 Å². The van der Waals surface area contributed by atoms with Gasteiger partial charge in [-0.2, -0.15) is 0 Å². The molecule has 0 spiro atoms. The highest BCUT2D eigenvalue weighted by Gasteiger charge is 2.03. The van der Waals surface area contributed by atoms with Crippen LogP contribution in [0.5, 0.6) is 0 Å². The first-order valence-electron chi connectivity index (χ1n) is 5.66. The summed E-state index contributed by atoms with van der Waals surface area (Å²) in [6.07, 6.45) is 2.67. The largest absolute Gasteiger partial charge is 0.351 e. The molecule has 0 fully saturated rings. The van der Waals surface area contributed by atoms with Gasteiger partial charge in [-0.25, -0.2) is 4.79 Å². The molecule has 7 heteroatoms. The van der Waals surface area contributed by atoms with Gasteiger partial charge >= 0.3 is 6.03 Å². The van der Waals surface area contributed by atoms with E-state index in [1.54, 1.807) is 12.1 Å². The molecule has 0 aliphatic carbocycles. The highest BCUT2D eigenvalue weighted by Crippen LogP contribution is 2.15. The first-order valence-corrected chi connectivity index (χ1v) is 6.20. The van der Waals surface area contributed by atoms with Crippen molar-refractivity contribution < 1.29 is 14.4 Å². The normalized spacial score (nSPS) is 10.3. The Kier molecular flexibility index (Phi) is 5.74. The number of alkyl halides is 1. The van der Waals surface area contributed by atoms with Crippen LogP contribution in [0.4, 0.5) is 10.5 Å². The highest BCUT2D eigenvalue weighted by molar-refractivity contribution is 6.29. The number of benzene rings is 1. The van der Waals surface area contributed by atoms with Crippen molar-refractivity contribution in [2.45, 2.75) is 6.92 Å². The summed E-state index contributed by atoms with van der Waals surface area (Å²) in [6.45, 7) is 1.84. The smallest absolute Gasteiger partial charge is 0.319 e. The third-order valence-corrected chi connectivity index (χ3v) is 2.42. The lowest BCUT2D eigenvalue weighted by atomic mass is 10.1. The molecule has 106 valence electrons. The number of primary amides is 1. The summed E-state index contributed by atoms with van der Waals surface area (Å²) in [5.41, 5.74) is 6.98. The predicted molar refractivity (Wildman–Crippen MR) is 77.3 cm³/mol. The van der Waals surface area contributed by atoms with E-state index in [1.165, 1.54) is 12.2 Å². The number of hydrogen-bond acceptors (Lipinski definition) is 3. The van der Waals surface area contributed by atoms with Gasteiger partial charge in [0.05, 0.1) is 0 Å². The van der Waals surface area contributed by atoms with Crippen molar-refractivity contribution >= 4 is 41.2 Å². The number of rotatable bonds is 4. The topological polar surface area (TPSA) is 101 Å². The lowest BCUT2D eigenvalue weighted by Crippen LogP contribution is -2.33. The fourth-order valence-electron chi connectivity index (χ4n) is 1.51. The standard InChI is InChI=1S/C13H14ClN3O3/c1-8-4-9(2-3-11(18)17-13(15)20)6-10(5-8)16-12(19)7-14/h2-6H,7H2,1H3,(H,16,19)(H3,15,17,18,20)/b3-2+. The van der Waals surface area contributed by atoms with E-state index in [2.05, 4.69) is 5.32 Å². The predicted octanol–water partition coefficient (Wildman–Crippen LogP) is 1.38. The summed E-state index contributed by atoms with van der Waals surface area (Å²) in [5, 5.41) is 4.52. The SMILES string of the molecule is Cc1cc(/C=C/C(=O)NC(N)=O)cc(NC(=O)CCl)c1. The van der Waals surface area contributed by atoms with Gasteiger partial charge < -0.3 is 11.1 Å². The number of urea groups is 1. The number of aryl methyl sites for hydroxylation is 1.